The lowest BCUT2D eigenvalue weighted by molar-refractivity contribution is 0.628. The largest absolute Gasteiger partial charge is 0.207 e. The third kappa shape index (κ3) is 3.31. The molecule has 0 amide bonds. The fourth-order valence-corrected chi connectivity index (χ4v) is 4.42. The van der Waals surface area contributed by atoms with Gasteiger partial charge in [0.05, 0.1) is 0 Å². The van der Waals surface area contributed by atoms with Gasteiger partial charge in [0, 0.05) is 0 Å². The van der Waals surface area contributed by atoms with Crippen LogP contribution in [0.3, 0.4) is 0 Å². The van der Waals surface area contributed by atoms with Crippen molar-refractivity contribution in [3.63, 3.8) is 0 Å². The third-order valence-electron chi connectivity index (χ3n) is 5.73. The molecule has 0 nitrogen and oxygen atoms in total. The smallest absolute Gasteiger partial charge is 0.123 e. The van der Waals surface area contributed by atoms with E-state index in [2.05, 4.69) is 50.2 Å². The second-order valence-electron chi connectivity index (χ2n) is 7.60. The lowest BCUT2D eigenvalue weighted by Gasteiger charge is -2.17. The number of hydrogen-bond donors (Lipinski definition) is 0. The minimum Gasteiger partial charge on any atom is -0.207 e. The SMILES string of the molecule is Cc1cc(C2CCCC2)cc(C)c1-c1ccc(-c2ccc(F)cc2)cc1. The Bertz CT molecular complexity index is 875. The van der Waals surface area contributed by atoms with Crippen LogP contribution in [-0.4, -0.2) is 0 Å². The van der Waals surface area contributed by atoms with Gasteiger partial charge in [-0.05, 0) is 83.7 Å². The van der Waals surface area contributed by atoms with E-state index in [-0.39, 0.29) is 5.82 Å². The molecule has 132 valence electrons. The van der Waals surface area contributed by atoms with Crippen LogP contribution < -0.4 is 0 Å². The second kappa shape index (κ2) is 7.07. The molecule has 26 heavy (non-hydrogen) atoms. The summed E-state index contributed by atoms with van der Waals surface area (Å²) in [5, 5.41) is 0. The summed E-state index contributed by atoms with van der Waals surface area (Å²) >= 11 is 0. The number of aryl methyl sites for hydroxylation is 2. The van der Waals surface area contributed by atoms with Crippen LogP contribution in [0.15, 0.2) is 60.7 Å². The predicted molar refractivity (Wildman–Crippen MR) is 108 cm³/mol. The van der Waals surface area contributed by atoms with Gasteiger partial charge in [-0.3, -0.25) is 0 Å². The van der Waals surface area contributed by atoms with Crippen LogP contribution in [0.25, 0.3) is 22.3 Å². The average molecular weight is 344 g/mol. The first-order chi connectivity index (χ1) is 12.6. The molecule has 0 heterocycles. The van der Waals surface area contributed by atoms with Crippen LogP contribution in [0.2, 0.25) is 0 Å². The van der Waals surface area contributed by atoms with Gasteiger partial charge in [0.2, 0.25) is 0 Å². The zero-order valence-corrected chi connectivity index (χ0v) is 15.6. The van der Waals surface area contributed by atoms with Crippen LogP contribution in [0, 0.1) is 19.7 Å². The van der Waals surface area contributed by atoms with Gasteiger partial charge in [0.1, 0.15) is 5.82 Å². The van der Waals surface area contributed by atoms with Crippen molar-refractivity contribution in [2.75, 3.05) is 0 Å². The van der Waals surface area contributed by atoms with Crippen molar-refractivity contribution in [1.29, 1.82) is 0 Å². The molecule has 3 aromatic carbocycles. The Morgan fingerprint density at radius 3 is 1.69 bits per heavy atom. The van der Waals surface area contributed by atoms with Gasteiger partial charge in [0.15, 0.2) is 0 Å². The highest BCUT2D eigenvalue weighted by Crippen LogP contribution is 2.38. The first-order valence-electron chi connectivity index (χ1n) is 9.59. The lowest BCUT2D eigenvalue weighted by atomic mass is 9.88. The Morgan fingerprint density at radius 2 is 1.15 bits per heavy atom. The van der Waals surface area contributed by atoms with Crippen LogP contribution in [0.5, 0.6) is 0 Å². The minimum absolute atomic E-state index is 0.195. The van der Waals surface area contributed by atoms with E-state index in [1.807, 2.05) is 12.1 Å². The molecule has 0 bridgehead atoms. The topological polar surface area (TPSA) is 0 Å². The Hall–Kier alpha value is -2.41. The van der Waals surface area contributed by atoms with Gasteiger partial charge in [-0.25, -0.2) is 4.39 Å². The second-order valence-corrected chi connectivity index (χ2v) is 7.60. The van der Waals surface area contributed by atoms with Crippen LogP contribution >= 0.6 is 0 Å². The van der Waals surface area contributed by atoms with Crippen molar-refractivity contribution in [3.8, 4) is 22.3 Å². The molecule has 1 aliphatic carbocycles. The number of hydrogen-bond acceptors (Lipinski definition) is 0. The number of halogens is 1. The molecule has 1 aliphatic rings. The van der Waals surface area contributed by atoms with E-state index in [0.29, 0.717) is 0 Å². The Kier molecular flexibility index (Phi) is 4.63. The molecule has 1 saturated carbocycles. The van der Waals surface area contributed by atoms with Crippen molar-refractivity contribution in [3.05, 3.63) is 83.2 Å². The van der Waals surface area contributed by atoms with Crippen molar-refractivity contribution in [1.82, 2.24) is 0 Å². The first kappa shape index (κ1) is 17.0. The summed E-state index contributed by atoms with van der Waals surface area (Å²) in [5.74, 6) is 0.557. The van der Waals surface area contributed by atoms with E-state index >= 15 is 0 Å². The fraction of sp³-hybridized carbons (Fsp3) is 0.280. The van der Waals surface area contributed by atoms with Crippen LogP contribution in [0.4, 0.5) is 4.39 Å². The zero-order valence-electron chi connectivity index (χ0n) is 15.6. The van der Waals surface area contributed by atoms with E-state index in [1.165, 1.54) is 65.6 Å². The molecule has 0 spiro atoms. The van der Waals surface area contributed by atoms with E-state index in [4.69, 9.17) is 0 Å². The van der Waals surface area contributed by atoms with Crippen molar-refractivity contribution < 1.29 is 4.39 Å². The molecule has 1 fully saturated rings. The lowest BCUT2D eigenvalue weighted by Crippen LogP contribution is -1.97. The van der Waals surface area contributed by atoms with E-state index < -0.39 is 0 Å². The average Bonchev–Trinajstić information content (AvgIpc) is 3.17. The molecule has 0 radical (unpaired) electrons. The normalized spacial score (nSPS) is 14.7. The molecular weight excluding hydrogens is 319 g/mol. The maximum Gasteiger partial charge on any atom is 0.123 e. The summed E-state index contributed by atoms with van der Waals surface area (Å²) in [6.07, 6.45) is 5.42. The maximum absolute atomic E-state index is 13.1. The summed E-state index contributed by atoms with van der Waals surface area (Å²) in [6, 6.07) is 20.1. The molecule has 3 aromatic rings. The van der Waals surface area contributed by atoms with Crippen LogP contribution in [-0.2, 0) is 0 Å². The molecule has 0 N–H and O–H groups in total. The first-order valence-corrected chi connectivity index (χ1v) is 9.59. The van der Waals surface area contributed by atoms with E-state index in [0.717, 1.165) is 17.0 Å². The maximum atomic E-state index is 13.1. The highest BCUT2D eigenvalue weighted by molar-refractivity contribution is 5.74. The summed E-state index contributed by atoms with van der Waals surface area (Å²) in [7, 11) is 0. The number of benzene rings is 3. The van der Waals surface area contributed by atoms with Crippen LogP contribution in [0.1, 0.15) is 48.3 Å². The van der Waals surface area contributed by atoms with Crippen molar-refractivity contribution in [2.45, 2.75) is 45.4 Å². The monoisotopic (exact) mass is 344 g/mol. The van der Waals surface area contributed by atoms with E-state index in [9.17, 15) is 4.39 Å². The quantitative estimate of drug-likeness (QED) is 0.463. The minimum atomic E-state index is -0.195. The molecule has 1 heteroatoms. The van der Waals surface area contributed by atoms with Gasteiger partial charge >= 0.3 is 0 Å². The van der Waals surface area contributed by atoms with Gasteiger partial charge < -0.3 is 0 Å². The van der Waals surface area contributed by atoms with Gasteiger partial charge in [-0.1, -0.05) is 61.4 Å². The summed E-state index contributed by atoms with van der Waals surface area (Å²) < 4.78 is 13.1. The predicted octanol–water partition coefficient (Wildman–Crippen LogP) is 7.43. The molecule has 0 atom stereocenters. The molecule has 0 aromatic heterocycles. The summed E-state index contributed by atoms with van der Waals surface area (Å²) in [5.41, 5.74) is 9.00. The highest BCUT2D eigenvalue weighted by atomic mass is 19.1. The summed E-state index contributed by atoms with van der Waals surface area (Å²) in [6.45, 7) is 4.46. The Balaban J connectivity index is 1.65. The van der Waals surface area contributed by atoms with Crippen molar-refractivity contribution >= 4 is 0 Å². The standard InChI is InChI=1S/C25H25F/c1-17-15-23(19-5-3-4-6-19)16-18(2)25(17)22-9-7-20(8-10-22)21-11-13-24(26)14-12-21/h7-16,19H,3-6H2,1-2H3. The van der Waals surface area contributed by atoms with Crippen molar-refractivity contribution in [2.24, 2.45) is 0 Å². The molecule has 0 aliphatic heterocycles. The molecular formula is C25H25F. The highest BCUT2D eigenvalue weighted by Gasteiger charge is 2.19. The fourth-order valence-electron chi connectivity index (χ4n) is 4.42. The van der Waals surface area contributed by atoms with Gasteiger partial charge in [0.25, 0.3) is 0 Å². The Labute approximate surface area is 155 Å². The van der Waals surface area contributed by atoms with Gasteiger partial charge in [-0.15, -0.1) is 0 Å². The zero-order chi connectivity index (χ0) is 18.1. The van der Waals surface area contributed by atoms with Gasteiger partial charge in [-0.2, -0.15) is 0 Å². The molecule has 4 rings (SSSR count). The number of rotatable bonds is 3. The summed E-state index contributed by atoms with van der Waals surface area (Å²) in [4.78, 5) is 0. The van der Waals surface area contributed by atoms with E-state index in [1.54, 1.807) is 0 Å². The third-order valence-corrected chi connectivity index (χ3v) is 5.73. The Morgan fingerprint density at radius 1 is 0.692 bits per heavy atom. The molecule has 0 saturated heterocycles. The molecule has 0 unspecified atom stereocenters.